The Bertz CT molecular complexity index is 6450. The van der Waals surface area contributed by atoms with Gasteiger partial charge in [0.25, 0.3) is 0 Å². The maximum atomic E-state index is 13.6. The van der Waals surface area contributed by atoms with Gasteiger partial charge < -0.3 is 69.4 Å². The van der Waals surface area contributed by atoms with E-state index in [0.29, 0.717) is 108 Å². The molecule has 724 valence electrons. The van der Waals surface area contributed by atoms with Crippen LogP contribution in [0.2, 0.25) is 56.2 Å². The van der Waals surface area contributed by atoms with Crippen LogP contribution in [0.3, 0.4) is 0 Å². The number of carbonyl (C=O) groups is 4. The summed E-state index contributed by atoms with van der Waals surface area (Å²) in [6, 6.07) is 55.7. The number of amides is 4. The average Bonchev–Trinajstić information content (AvgIpc) is 0.762. The number of pyridine rings is 6. The molecule has 40 heteroatoms. The van der Waals surface area contributed by atoms with Crippen molar-refractivity contribution in [3.63, 3.8) is 0 Å². The van der Waals surface area contributed by atoms with Crippen molar-refractivity contribution in [2.75, 3.05) is 65.4 Å². The van der Waals surface area contributed by atoms with Gasteiger partial charge in [0.15, 0.2) is 0 Å². The minimum absolute atomic E-state index is 0.0127. The first-order chi connectivity index (χ1) is 64.8. The van der Waals surface area contributed by atoms with E-state index in [1.807, 2.05) is 67.6 Å². The van der Waals surface area contributed by atoms with Gasteiger partial charge in [-0.1, -0.05) is 195 Å². The van der Waals surface area contributed by atoms with E-state index >= 15 is 0 Å². The summed E-state index contributed by atoms with van der Waals surface area (Å²) in [6.45, 7) is 18.4. The maximum Gasteiger partial charge on any atom is 0.410 e. The van der Waals surface area contributed by atoms with Gasteiger partial charge in [-0.05, 0) is 261 Å². The van der Waals surface area contributed by atoms with Gasteiger partial charge in [-0.2, -0.15) is 0 Å². The van der Waals surface area contributed by atoms with Crippen molar-refractivity contribution in [3.05, 3.63) is 340 Å². The Balaban J connectivity index is 0.000000153. The lowest BCUT2D eigenvalue weighted by molar-refractivity contribution is -0.103. The zero-order chi connectivity index (χ0) is 100. The fourth-order valence-corrected chi connectivity index (χ4v) is 17.4. The van der Waals surface area contributed by atoms with E-state index in [1.54, 1.807) is 126 Å². The van der Waals surface area contributed by atoms with Crippen LogP contribution in [0, 0.1) is 26.8 Å². The molecule has 0 aliphatic carbocycles. The van der Waals surface area contributed by atoms with E-state index in [9.17, 15) is 62.3 Å². The van der Waals surface area contributed by atoms with Gasteiger partial charge in [-0.15, -0.1) is 0 Å². The fraction of sp³-hybridized carbons (Fsp3) is 0.265. The number of rotatable bonds is 14. The second kappa shape index (κ2) is 45.1. The van der Waals surface area contributed by atoms with Crippen molar-refractivity contribution in [3.8, 4) is 45.0 Å². The Kier molecular flexibility index (Phi) is 35.1. The Morgan fingerprint density at radius 2 is 0.616 bits per heavy atom. The number of allylic oxidation sites excluding steroid dienone is 1. The summed E-state index contributed by atoms with van der Waals surface area (Å²) < 4.78 is 75.8. The number of benzene rings is 6. The predicted octanol–water partition coefficient (Wildman–Crippen LogP) is 23.9. The first-order valence-corrected chi connectivity index (χ1v) is 47.1. The molecule has 0 unspecified atom stereocenters. The molecule has 0 spiro atoms. The lowest BCUT2D eigenvalue weighted by Gasteiger charge is -2.46. The molecular formula is C98H87Cl11F4IN11O13. The molecule has 0 bridgehead atoms. The Morgan fingerprint density at radius 3 is 0.877 bits per heavy atom. The maximum absolute atomic E-state index is 13.6. The van der Waals surface area contributed by atoms with E-state index in [1.165, 1.54) is 80.3 Å². The number of likely N-dealkylation sites (tertiary alicyclic amines) is 4. The highest BCUT2D eigenvalue weighted by Gasteiger charge is 2.51. The van der Waals surface area contributed by atoms with Gasteiger partial charge in [0.05, 0.1) is 101 Å². The number of aromatic nitrogens is 6. The Hall–Kier alpha value is -9.56. The summed E-state index contributed by atoms with van der Waals surface area (Å²) in [6.07, 6.45) is -1.93. The van der Waals surface area contributed by atoms with Gasteiger partial charge in [-0.25, -0.2) is 66.6 Å². The molecule has 138 heavy (non-hydrogen) atoms. The molecule has 24 nitrogen and oxygen atoms in total. The normalized spacial score (nSPS) is 15.4. The van der Waals surface area contributed by atoms with E-state index < -0.39 is 86.8 Å². The van der Waals surface area contributed by atoms with Crippen LogP contribution in [-0.4, -0.2) is 176 Å². The van der Waals surface area contributed by atoms with Crippen LogP contribution in [0.4, 0.5) is 36.7 Å². The quantitative estimate of drug-likeness (QED) is 0.0255. The molecular weight excluding hydrogens is 2130 g/mol. The van der Waals surface area contributed by atoms with Crippen LogP contribution < -0.4 is 5.32 Å². The van der Waals surface area contributed by atoms with Crippen LogP contribution in [-0.2, 0) is 60.2 Å². The van der Waals surface area contributed by atoms with Gasteiger partial charge in [0.2, 0.25) is 0 Å². The van der Waals surface area contributed by atoms with Crippen molar-refractivity contribution < 1.29 is 81.2 Å². The summed E-state index contributed by atoms with van der Waals surface area (Å²) >= 11 is 66.5. The Morgan fingerprint density at radius 1 is 0.362 bits per heavy atom. The monoisotopic (exact) mass is 2210 g/mol. The topological polar surface area (TPSA) is 309 Å². The highest BCUT2D eigenvalue weighted by atomic mass is 127. The van der Waals surface area contributed by atoms with Crippen LogP contribution >= 0.6 is 150 Å². The molecule has 5 fully saturated rings. The number of ether oxygens (including phenoxy) is 4. The summed E-state index contributed by atoms with van der Waals surface area (Å²) in [5, 5.41) is 58.6. The number of nitrogens with one attached hydrogen (secondary N) is 1. The van der Waals surface area contributed by atoms with E-state index in [4.69, 9.17) is 147 Å². The Labute approximate surface area is 860 Å². The van der Waals surface area contributed by atoms with Gasteiger partial charge >= 0.3 is 24.4 Å². The number of hydrogen-bond acceptors (Lipinski definition) is 20. The number of halogens is 16. The number of aliphatic hydroxyl groups is 5. The number of carbonyl (C=O) groups excluding carboxylic acids is 4. The highest BCUT2D eigenvalue weighted by molar-refractivity contribution is 14.1. The van der Waals surface area contributed by atoms with Crippen molar-refractivity contribution >= 4 is 180 Å². The summed E-state index contributed by atoms with van der Waals surface area (Å²) in [5.74, 6) is -2.08. The van der Waals surface area contributed by atoms with Crippen LogP contribution in [0.25, 0.3) is 50.6 Å². The van der Waals surface area contributed by atoms with E-state index in [0.717, 1.165) is 14.7 Å². The SMILES string of the molecule is C=C(C)c1cc(C2(O)CN(C(=O)OCc3ccccc3)C2)cc(-c2ccc(F)c(Cl)c2)n1.CC(C)(C)OC(=O)N1CC(O)(c2cc(Cl)nc(-c3ccc(F)c(Cl)c3)c2)C1.CC(C)(C)OC(=O)N1CC(O)(c2cc(Cl)nc(Cl)c2)C1.Clc1cc(I)cc(Cl)n1.O=C(OCc1ccccc1)N1CC(O)(c2cc(Cl)nc(-c3ccc(F)c(Cl)c3)c2)C1.OC1(c2cc(Cl)nc(-c3ccc(F)c(Cl)c3)c2)CNC1. The van der Waals surface area contributed by atoms with Gasteiger partial charge in [0.1, 0.15) is 112 Å². The van der Waals surface area contributed by atoms with Crippen molar-refractivity contribution in [2.45, 2.75) is 101 Å². The first kappa shape index (κ1) is 107. The molecule has 6 N–H and O–H groups in total. The van der Waals surface area contributed by atoms with E-state index in [-0.39, 0.29) is 111 Å². The van der Waals surface area contributed by atoms with Gasteiger partial charge in [0, 0.05) is 38.9 Å². The molecule has 12 aromatic rings. The number of hydrogen-bond donors (Lipinski definition) is 6. The molecule has 0 saturated carbocycles. The minimum Gasteiger partial charge on any atom is -0.445 e. The first-order valence-electron chi connectivity index (χ1n) is 41.9. The lowest BCUT2D eigenvalue weighted by Crippen LogP contribution is -2.61. The minimum atomic E-state index is -1.28. The third-order valence-corrected chi connectivity index (χ3v) is 24.5. The smallest absolute Gasteiger partial charge is 0.410 e. The summed E-state index contributed by atoms with van der Waals surface area (Å²) in [5.41, 5.74) is 3.22. The van der Waals surface area contributed by atoms with Crippen molar-refractivity contribution in [1.82, 2.24) is 54.8 Å². The second-order valence-corrected chi connectivity index (χ2v) is 40.4. The molecule has 0 atom stereocenters. The largest absolute Gasteiger partial charge is 0.445 e. The molecule has 6 aromatic carbocycles. The molecule has 5 aliphatic rings. The molecule has 5 aliphatic heterocycles. The molecule has 6 aromatic heterocycles. The second-order valence-electron chi connectivity index (χ2n) is 34.8. The van der Waals surface area contributed by atoms with E-state index in [2.05, 4.69) is 64.4 Å². The zero-order valence-electron chi connectivity index (χ0n) is 74.3. The van der Waals surface area contributed by atoms with Crippen LogP contribution in [0.15, 0.2) is 213 Å². The molecule has 4 amide bonds. The molecule has 11 heterocycles. The summed E-state index contributed by atoms with van der Waals surface area (Å²) in [4.78, 5) is 79.0. The zero-order valence-corrected chi connectivity index (χ0v) is 84.8. The van der Waals surface area contributed by atoms with Crippen molar-refractivity contribution in [1.29, 1.82) is 0 Å². The number of nitrogens with zero attached hydrogens (tertiary/aromatic N) is 10. The lowest BCUT2D eigenvalue weighted by atomic mass is 9.85. The highest BCUT2D eigenvalue weighted by Crippen LogP contribution is 2.43. The van der Waals surface area contributed by atoms with Gasteiger partial charge in [-0.3, -0.25) is 0 Å². The standard InChI is InChI=1S/C25H22ClFN2O3.C22H17Cl2FN2O3.C19H19Cl2FN2O3.C14H11Cl2FN2O.C13H16Cl2N2O3.C5H2Cl2IN/c1-16(2)22-11-19(12-23(28-22)18-8-9-21(27)20(26)10-18)25(31)14-29(15-25)24(30)32-13-17-6-4-3-5-7-17;23-17-8-15(6-7-18(17)25)19-9-16(10-20(24)26-19)22(29)12-27(13-22)21(28)30-11-14-4-2-1-3-5-14;1-18(2,3)27-17(25)24-9-19(26,10-24)12-7-15(23-16(21)8-12)11-4-5-14(22)13(20)6-11;15-10-3-8(1-2-11(10)17)12-4-9(5-13(16)19-12)14(20)6-18-7-14;1-12(2,3)20-11(18)17-6-13(19,7-17)8-4-9(14)16-10(15)5-8;6-4-1-3(8)2-5(7)9-4/h3-12,31H,1,13-15H2,2H3;1-10,29H,11-13H2;4-8,26H,9-10H2,1-3H3;1-5,18,20H,6-7H2;4-5,19H,6-7H2,1-3H3;1-2H. The molecule has 5 saturated heterocycles. The van der Waals surface area contributed by atoms with Crippen LogP contribution in [0.1, 0.15) is 93.1 Å². The third kappa shape index (κ3) is 28.5. The predicted molar refractivity (Wildman–Crippen MR) is 534 cm³/mol. The summed E-state index contributed by atoms with van der Waals surface area (Å²) in [7, 11) is 0. The molecule has 17 rings (SSSR count). The third-order valence-electron chi connectivity index (χ3n) is 21.4. The molecule has 0 radical (unpaired) electrons. The van der Waals surface area contributed by atoms with Crippen LogP contribution in [0.5, 0.6) is 0 Å². The average molecular weight is 2220 g/mol. The fourth-order valence-electron chi connectivity index (χ4n) is 14.1. The van der Waals surface area contributed by atoms with Crippen molar-refractivity contribution in [2.24, 2.45) is 0 Å². The number of β-amino-alcohol motifs (C(OH)–C–C–N with tert-alkyl or cyclic N) is 5.